The second-order valence-corrected chi connectivity index (χ2v) is 7.29. The van der Waals surface area contributed by atoms with E-state index >= 15 is 0 Å². The number of likely N-dealkylation sites (tertiary alicyclic amines) is 1. The molecule has 0 N–H and O–H groups in total. The summed E-state index contributed by atoms with van der Waals surface area (Å²) < 4.78 is 7.89. The van der Waals surface area contributed by atoms with E-state index in [0.29, 0.717) is 5.41 Å². The van der Waals surface area contributed by atoms with Crippen molar-refractivity contribution in [3.05, 3.63) is 54.5 Å². The highest BCUT2D eigenvalue weighted by atomic mass is 16.5. The predicted octanol–water partition coefficient (Wildman–Crippen LogP) is 1.35. The molecule has 0 aromatic carbocycles. The van der Waals surface area contributed by atoms with Crippen molar-refractivity contribution in [1.82, 2.24) is 29.5 Å². The van der Waals surface area contributed by atoms with Gasteiger partial charge in [-0.1, -0.05) is 0 Å². The van der Waals surface area contributed by atoms with Gasteiger partial charge in [-0.2, -0.15) is 5.10 Å². The molecule has 2 saturated heterocycles. The maximum atomic E-state index is 6.06. The van der Waals surface area contributed by atoms with Crippen LogP contribution in [0.1, 0.15) is 17.5 Å². The molecule has 0 aliphatic carbocycles. The van der Waals surface area contributed by atoms with E-state index in [0.717, 1.165) is 50.3 Å². The number of aromatic nitrogens is 5. The van der Waals surface area contributed by atoms with E-state index in [4.69, 9.17) is 4.74 Å². The SMILES string of the molecule is c1cnc2c(CN3CC4(CO[C@@H](Cc5cncnc5)C4)C3)cnn2c1. The minimum atomic E-state index is 0.284. The third-order valence-electron chi connectivity index (χ3n) is 5.23. The normalized spacial score (nSPS) is 22.5. The van der Waals surface area contributed by atoms with Gasteiger partial charge >= 0.3 is 0 Å². The van der Waals surface area contributed by atoms with Gasteiger partial charge in [-0.3, -0.25) is 4.90 Å². The quantitative estimate of drug-likeness (QED) is 0.716. The standard InChI is InChI=1S/C18H20N6O/c1-2-21-17-15(8-22-24(17)3-1)9-23-10-18(11-23)5-16(25-12-18)4-14-6-19-13-20-7-14/h1-3,6-8,13,16H,4-5,9-12H2/t16-/m0/s1. The minimum absolute atomic E-state index is 0.284. The molecule has 5 heterocycles. The lowest BCUT2D eigenvalue weighted by molar-refractivity contribution is -0.0138. The number of fused-ring (bicyclic) bond motifs is 1. The summed E-state index contributed by atoms with van der Waals surface area (Å²) in [5.74, 6) is 0. The molecule has 3 aromatic heterocycles. The first-order valence-corrected chi connectivity index (χ1v) is 8.65. The van der Waals surface area contributed by atoms with Gasteiger partial charge in [0.1, 0.15) is 6.33 Å². The molecule has 7 heteroatoms. The zero-order valence-corrected chi connectivity index (χ0v) is 14.0. The van der Waals surface area contributed by atoms with E-state index in [1.807, 2.05) is 41.6 Å². The topological polar surface area (TPSA) is 68.4 Å². The second kappa shape index (κ2) is 5.86. The first kappa shape index (κ1) is 14.9. The fourth-order valence-electron chi connectivity index (χ4n) is 4.19. The van der Waals surface area contributed by atoms with Gasteiger partial charge in [0, 0.05) is 61.8 Å². The van der Waals surface area contributed by atoms with Crippen molar-refractivity contribution in [3.63, 3.8) is 0 Å². The summed E-state index contributed by atoms with van der Waals surface area (Å²) in [6.45, 7) is 3.92. The summed E-state index contributed by atoms with van der Waals surface area (Å²) >= 11 is 0. The number of hydrogen-bond acceptors (Lipinski definition) is 6. The lowest BCUT2D eigenvalue weighted by atomic mass is 9.77. The molecule has 0 amide bonds. The summed E-state index contributed by atoms with van der Waals surface area (Å²) in [5, 5.41) is 4.37. The maximum absolute atomic E-state index is 6.06. The van der Waals surface area contributed by atoms with E-state index in [1.165, 1.54) is 5.56 Å². The third-order valence-corrected chi connectivity index (χ3v) is 5.23. The van der Waals surface area contributed by atoms with E-state index in [9.17, 15) is 0 Å². The molecule has 2 fully saturated rings. The van der Waals surface area contributed by atoms with E-state index in [1.54, 1.807) is 6.33 Å². The Morgan fingerprint density at radius 2 is 2.08 bits per heavy atom. The van der Waals surface area contributed by atoms with E-state index in [-0.39, 0.29) is 6.10 Å². The highest BCUT2D eigenvalue weighted by molar-refractivity contribution is 5.45. The average molecular weight is 336 g/mol. The van der Waals surface area contributed by atoms with Crippen molar-refractivity contribution in [2.45, 2.75) is 25.5 Å². The van der Waals surface area contributed by atoms with Crippen LogP contribution in [0.2, 0.25) is 0 Å². The van der Waals surface area contributed by atoms with Crippen LogP contribution in [0.3, 0.4) is 0 Å². The van der Waals surface area contributed by atoms with Crippen molar-refractivity contribution >= 4 is 5.65 Å². The smallest absolute Gasteiger partial charge is 0.159 e. The molecule has 128 valence electrons. The molecular formula is C18H20N6O. The molecule has 2 aliphatic heterocycles. The third kappa shape index (κ3) is 2.79. The predicted molar refractivity (Wildman–Crippen MR) is 90.8 cm³/mol. The van der Waals surface area contributed by atoms with Gasteiger partial charge in [-0.25, -0.2) is 19.5 Å². The Kier molecular flexibility index (Phi) is 3.50. The molecular weight excluding hydrogens is 316 g/mol. The first-order chi connectivity index (χ1) is 12.3. The molecule has 1 spiro atoms. The van der Waals surface area contributed by atoms with Crippen LogP contribution in [0.25, 0.3) is 5.65 Å². The summed E-state index contributed by atoms with van der Waals surface area (Å²) in [6.07, 6.45) is 13.3. The van der Waals surface area contributed by atoms with Gasteiger partial charge < -0.3 is 4.74 Å². The molecule has 0 radical (unpaired) electrons. The second-order valence-electron chi connectivity index (χ2n) is 7.29. The summed E-state index contributed by atoms with van der Waals surface area (Å²) in [4.78, 5) is 15.1. The molecule has 0 bridgehead atoms. The highest BCUT2D eigenvalue weighted by Gasteiger charge is 2.48. The molecule has 3 aromatic rings. The van der Waals surface area contributed by atoms with Crippen molar-refractivity contribution in [1.29, 1.82) is 0 Å². The van der Waals surface area contributed by atoms with Crippen LogP contribution in [0.4, 0.5) is 0 Å². The van der Waals surface area contributed by atoms with Crippen LogP contribution < -0.4 is 0 Å². The fourth-order valence-corrected chi connectivity index (χ4v) is 4.19. The Balaban J connectivity index is 1.19. The van der Waals surface area contributed by atoms with E-state index in [2.05, 4.69) is 25.0 Å². The number of rotatable bonds is 4. The summed E-state index contributed by atoms with van der Waals surface area (Å²) in [7, 11) is 0. The molecule has 0 unspecified atom stereocenters. The fraction of sp³-hybridized carbons (Fsp3) is 0.444. The zero-order chi connectivity index (χ0) is 16.7. The van der Waals surface area contributed by atoms with Crippen LogP contribution in [0, 0.1) is 5.41 Å². The van der Waals surface area contributed by atoms with Crippen molar-refractivity contribution in [3.8, 4) is 0 Å². The number of nitrogens with zero attached hydrogens (tertiary/aromatic N) is 6. The van der Waals surface area contributed by atoms with Crippen LogP contribution in [-0.4, -0.2) is 55.3 Å². The van der Waals surface area contributed by atoms with Crippen LogP contribution >= 0.6 is 0 Å². The van der Waals surface area contributed by atoms with Crippen molar-refractivity contribution in [2.24, 2.45) is 5.41 Å². The Morgan fingerprint density at radius 1 is 1.20 bits per heavy atom. The lowest BCUT2D eigenvalue weighted by Crippen LogP contribution is -2.56. The number of hydrogen-bond donors (Lipinski definition) is 0. The molecule has 7 nitrogen and oxygen atoms in total. The summed E-state index contributed by atoms with van der Waals surface area (Å²) in [6, 6.07) is 1.90. The minimum Gasteiger partial charge on any atom is -0.377 e. The van der Waals surface area contributed by atoms with Crippen LogP contribution in [-0.2, 0) is 17.7 Å². The van der Waals surface area contributed by atoms with Gasteiger partial charge in [0.05, 0.1) is 18.9 Å². The highest BCUT2D eigenvalue weighted by Crippen LogP contribution is 2.42. The van der Waals surface area contributed by atoms with Gasteiger partial charge in [0.15, 0.2) is 5.65 Å². The van der Waals surface area contributed by atoms with Gasteiger partial charge in [-0.05, 0) is 18.1 Å². The number of ether oxygens (including phenoxy) is 1. The maximum Gasteiger partial charge on any atom is 0.159 e. The van der Waals surface area contributed by atoms with Gasteiger partial charge in [0.2, 0.25) is 0 Å². The van der Waals surface area contributed by atoms with Gasteiger partial charge in [-0.15, -0.1) is 0 Å². The zero-order valence-electron chi connectivity index (χ0n) is 14.0. The van der Waals surface area contributed by atoms with Gasteiger partial charge in [0.25, 0.3) is 0 Å². The average Bonchev–Trinajstić information content (AvgIpc) is 3.21. The molecule has 2 aliphatic rings. The lowest BCUT2D eigenvalue weighted by Gasteiger charge is -2.47. The summed E-state index contributed by atoms with van der Waals surface area (Å²) in [5.41, 5.74) is 3.61. The van der Waals surface area contributed by atoms with Crippen LogP contribution in [0.5, 0.6) is 0 Å². The van der Waals surface area contributed by atoms with Crippen molar-refractivity contribution < 1.29 is 4.74 Å². The monoisotopic (exact) mass is 336 g/mol. The Labute approximate surface area is 145 Å². The van der Waals surface area contributed by atoms with Crippen LogP contribution in [0.15, 0.2) is 43.4 Å². The Hall–Kier alpha value is -2.38. The molecule has 25 heavy (non-hydrogen) atoms. The largest absolute Gasteiger partial charge is 0.377 e. The Bertz CT molecular complexity index is 873. The first-order valence-electron chi connectivity index (χ1n) is 8.65. The van der Waals surface area contributed by atoms with Crippen molar-refractivity contribution in [2.75, 3.05) is 19.7 Å². The van der Waals surface area contributed by atoms with E-state index < -0.39 is 0 Å². The molecule has 0 saturated carbocycles. The Morgan fingerprint density at radius 3 is 2.96 bits per heavy atom. The molecule has 1 atom stereocenters. The molecule has 5 rings (SSSR count).